The van der Waals surface area contributed by atoms with Crippen LogP contribution < -0.4 is 16.0 Å². The maximum absolute atomic E-state index is 11.9. The van der Waals surface area contributed by atoms with E-state index in [-0.39, 0.29) is 11.4 Å². The summed E-state index contributed by atoms with van der Waals surface area (Å²) in [6.07, 6.45) is 2.70. The molecule has 0 saturated heterocycles. The van der Waals surface area contributed by atoms with Crippen LogP contribution in [0.2, 0.25) is 0 Å². The minimum atomic E-state index is -0.203. The Morgan fingerprint density at radius 1 is 1.23 bits per heavy atom. The lowest BCUT2D eigenvalue weighted by Gasteiger charge is -2.13. The highest BCUT2D eigenvalue weighted by Crippen LogP contribution is 2.32. The molecule has 132 valence electrons. The number of nitrogen functional groups attached to an aromatic ring is 1. The third kappa shape index (κ3) is 3.06. The Kier molecular flexibility index (Phi) is 4.53. The Bertz CT molecular complexity index is 1060. The first kappa shape index (κ1) is 17.3. The SMILES string of the molecule is Cc1cc(Oc2nccc(C=N)c2N)ccc1-c1c(C)n[nH]c(=O)c1C. The molecule has 4 N–H and O–H groups in total. The van der Waals surface area contributed by atoms with Crippen LogP contribution in [0, 0.1) is 26.2 Å². The molecule has 0 unspecified atom stereocenters. The summed E-state index contributed by atoms with van der Waals surface area (Å²) >= 11 is 0. The number of aromatic amines is 1. The number of hydrogen-bond donors (Lipinski definition) is 3. The van der Waals surface area contributed by atoms with Crippen LogP contribution in [0.4, 0.5) is 5.69 Å². The predicted octanol–water partition coefficient (Wildman–Crippen LogP) is 3.13. The number of anilines is 1. The van der Waals surface area contributed by atoms with Crippen molar-refractivity contribution in [1.82, 2.24) is 15.2 Å². The molecule has 7 nitrogen and oxygen atoms in total. The van der Waals surface area contributed by atoms with E-state index in [0.717, 1.165) is 28.6 Å². The minimum Gasteiger partial charge on any atom is -0.437 e. The number of nitrogens with zero attached hydrogens (tertiary/aromatic N) is 2. The molecule has 0 radical (unpaired) electrons. The molecule has 0 spiro atoms. The first-order valence-corrected chi connectivity index (χ1v) is 8.02. The maximum Gasteiger partial charge on any atom is 0.267 e. The number of nitrogens with one attached hydrogen (secondary N) is 2. The normalized spacial score (nSPS) is 10.6. The van der Waals surface area contributed by atoms with Gasteiger partial charge in [-0.15, -0.1) is 0 Å². The molecule has 0 saturated carbocycles. The fourth-order valence-corrected chi connectivity index (χ4v) is 2.82. The van der Waals surface area contributed by atoms with Gasteiger partial charge in [0.2, 0.25) is 5.88 Å². The number of aryl methyl sites for hydroxylation is 2. The molecule has 0 amide bonds. The summed E-state index contributed by atoms with van der Waals surface area (Å²) in [6.45, 7) is 5.57. The van der Waals surface area contributed by atoms with Crippen molar-refractivity contribution in [2.45, 2.75) is 20.8 Å². The van der Waals surface area contributed by atoms with Crippen LogP contribution >= 0.6 is 0 Å². The maximum atomic E-state index is 11.9. The van der Waals surface area contributed by atoms with Crippen LogP contribution in [0.5, 0.6) is 11.6 Å². The summed E-state index contributed by atoms with van der Waals surface area (Å²) < 4.78 is 5.78. The summed E-state index contributed by atoms with van der Waals surface area (Å²) in [4.78, 5) is 16.0. The van der Waals surface area contributed by atoms with E-state index in [0.29, 0.717) is 22.6 Å². The average Bonchev–Trinajstić information content (AvgIpc) is 2.62. The van der Waals surface area contributed by atoms with Crippen LogP contribution in [0.25, 0.3) is 11.1 Å². The zero-order chi connectivity index (χ0) is 18.8. The third-order valence-corrected chi connectivity index (χ3v) is 4.23. The van der Waals surface area contributed by atoms with Gasteiger partial charge in [-0.05, 0) is 50.1 Å². The molecule has 0 aliphatic rings. The van der Waals surface area contributed by atoms with E-state index in [4.69, 9.17) is 15.9 Å². The Morgan fingerprint density at radius 3 is 2.69 bits per heavy atom. The fraction of sp³-hybridized carbons (Fsp3) is 0.158. The van der Waals surface area contributed by atoms with Crippen LogP contribution in [-0.4, -0.2) is 21.4 Å². The first-order chi connectivity index (χ1) is 12.4. The van der Waals surface area contributed by atoms with Crippen molar-refractivity contribution in [2.24, 2.45) is 0 Å². The largest absolute Gasteiger partial charge is 0.437 e. The second-order valence-electron chi connectivity index (χ2n) is 5.98. The number of hydrogen-bond acceptors (Lipinski definition) is 6. The van der Waals surface area contributed by atoms with Gasteiger partial charge >= 0.3 is 0 Å². The van der Waals surface area contributed by atoms with E-state index >= 15 is 0 Å². The molecular formula is C19H19N5O2. The molecule has 0 bridgehead atoms. The van der Waals surface area contributed by atoms with E-state index in [1.54, 1.807) is 25.3 Å². The van der Waals surface area contributed by atoms with Crippen LogP contribution in [0.3, 0.4) is 0 Å². The topological polar surface area (TPSA) is 118 Å². The molecule has 26 heavy (non-hydrogen) atoms. The molecular weight excluding hydrogens is 330 g/mol. The van der Waals surface area contributed by atoms with Crippen molar-refractivity contribution < 1.29 is 4.74 Å². The molecule has 2 aromatic heterocycles. The second kappa shape index (κ2) is 6.79. The zero-order valence-electron chi connectivity index (χ0n) is 14.8. The average molecular weight is 349 g/mol. The highest BCUT2D eigenvalue weighted by atomic mass is 16.5. The van der Waals surface area contributed by atoms with Gasteiger partial charge < -0.3 is 15.9 Å². The molecule has 0 aliphatic heterocycles. The smallest absolute Gasteiger partial charge is 0.267 e. The van der Waals surface area contributed by atoms with Gasteiger partial charge in [-0.1, -0.05) is 6.07 Å². The van der Waals surface area contributed by atoms with Gasteiger partial charge in [0.05, 0.1) is 5.69 Å². The van der Waals surface area contributed by atoms with Crippen molar-refractivity contribution in [3.63, 3.8) is 0 Å². The highest BCUT2D eigenvalue weighted by Gasteiger charge is 2.14. The van der Waals surface area contributed by atoms with Crippen LogP contribution in [0.1, 0.15) is 22.4 Å². The van der Waals surface area contributed by atoms with Crippen LogP contribution in [0.15, 0.2) is 35.3 Å². The van der Waals surface area contributed by atoms with Crippen molar-refractivity contribution >= 4 is 11.9 Å². The summed E-state index contributed by atoms with van der Waals surface area (Å²) in [5.41, 5.74) is 10.7. The Balaban J connectivity index is 2.01. The molecule has 3 aromatic rings. The number of aromatic nitrogens is 3. The minimum absolute atomic E-state index is 0.203. The van der Waals surface area contributed by atoms with E-state index in [2.05, 4.69) is 15.2 Å². The van der Waals surface area contributed by atoms with E-state index in [9.17, 15) is 4.79 Å². The molecule has 7 heteroatoms. The van der Waals surface area contributed by atoms with Crippen molar-refractivity contribution in [2.75, 3.05) is 5.73 Å². The standard InChI is InChI=1S/C19H19N5O2/c1-10-8-14(26-19-17(21)13(9-20)6-7-22-19)4-5-15(10)16-11(2)18(25)24-23-12(16)3/h4-9,20H,21H2,1-3H3,(H,24,25). The number of H-pyrrole nitrogens is 1. The Morgan fingerprint density at radius 2 is 2.00 bits per heavy atom. The monoisotopic (exact) mass is 349 g/mol. The molecule has 0 aliphatic carbocycles. The number of rotatable bonds is 4. The predicted molar refractivity (Wildman–Crippen MR) is 101 cm³/mol. The van der Waals surface area contributed by atoms with Gasteiger partial charge in [-0.2, -0.15) is 5.10 Å². The lowest BCUT2D eigenvalue weighted by atomic mass is 9.96. The van der Waals surface area contributed by atoms with Crippen LogP contribution in [-0.2, 0) is 0 Å². The Labute approximate surface area is 150 Å². The van der Waals surface area contributed by atoms with Crippen molar-refractivity contribution in [3.05, 3.63) is 63.2 Å². The number of ether oxygens (including phenoxy) is 1. The number of pyridine rings is 1. The molecule has 0 fully saturated rings. The van der Waals surface area contributed by atoms with Gasteiger partial charge in [0.25, 0.3) is 5.56 Å². The lowest BCUT2D eigenvalue weighted by molar-refractivity contribution is 0.465. The summed E-state index contributed by atoms with van der Waals surface area (Å²) in [7, 11) is 0. The highest BCUT2D eigenvalue weighted by molar-refractivity contribution is 5.86. The zero-order valence-corrected chi connectivity index (χ0v) is 14.8. The number of benzene rings is 1. The fourth-order valence-electron chi connectivity index (χ4n) is 2.82. The molecule has 3 rings (SSSR count). The summed E-state index contributed by atoms with van der Waals surface area (Å²) in [6, 6.07) is 7.18. The molecule has 1 aromatic carbocycles. The van der Waals surface area contributed by atoms with E-state index in [1.807, 2.05) is 26.0 Å². The van der Waals surface area contributed by atoms with Gasteiger partial charge in [-0.3, -0.25) is 4.79 Å². The van der Waals surface area contributed by atoms with Gasteiger partial charge in [0.1, 0.15) is 11.4 Å². The second-order valence-corrected chi connectivity index (χ2v) is 5.98. The van der Waals surface area contributed by atoms with Gasteiger partial charge in [-0.25, -0.2) is 10.1 Å². The van der Waals surface area contributed by atoms with E-state index < -0.39 is 0 Å². The molecule has 0 atom stereocenters. The number of nitrogens with two attached hydrogens (primary N) is 1. The lowest BCUT2D eigenvalue weighted by Crippen LogP contribution is -2.14. The van der Waals surface area contributed by atoms with Gasteiger partial charge in [0.15, 0.2) is 0 Å². The molecule has 2 heterocycles. The van der Waals surface area contributed by atoms with Gasteiger partial charge in [0, 0.05) is 29.1 Å². The third-order valence-electron chi connectivity index (χ3n) is 4.23. The van der Waals surface area contributed by atoms with Crippen molar-refractivity contribution in [1.29, 1.82) is 5.41 Å². The summed E-state index contributed by atoms with van der Waals surface area (Å²) in [5.74, 6) is 0.823. The summed E-state index contributed by atoms with van der Waals surface area (Å²) in [5, 5.41) is 13.9. The van der Waals surface area contributed by atoms with Crippen molar-refractivity contribution in [3.8, 4) is 22.8 Å². The van der Waals surface area contributed by atoms with E-state index in [1.165, 1.54) is 0 Å². The quantitative estimate of drug-likeness (QED) is 0.625. The Hall–Kier alpha value is -3.48. The first-order valence-electron chi connectivity index (χ1n) is 8.02.